The summed E-state index contributed by atoms with van der Waals surface area (Å²) in [5.74, 6) is 0.309. The van der Waals surface area contributed by atoms with Crippen LogP contribution in [-0.4, -0.2) is 21.3 Å². The van der Waals surface area contributed by atoms with Crippen molar-refractivity contribution >= 4 is 0 Å². The highest BCUT2D eigenvalue weighted by Gasteiger charge is 2.20. The first-order valence-electron chi connectivity index (χ1n) is 5.28. The highest BCUT2D eigenvalue weighted by molar-refractivity contribution is 5.37. The third-order valence-corrected chi connectivity index (χ3v) is 2.53. The van der Waals surface area contributed by atoms with Gasteiger partial charge in [-0.3, -0.25) is 0 Å². The molecule has 1 aromatic carbocycles. The summed E-state index contributed by atoms with van der Waals surface area (Å²) < 4.78 is 30.5. The molecule has 0 saturated carbocycles. The van der Waals surface area contributed by atoms with Gasteiger partial charge in [0.15, 0.2) is 0 Å². The van der Waals surface area contributed by atoms with Crippen molar-refractivity contribution in [3.63, 3.8) is 0 Å². The molecule has 0 fully saturated rings. The second-order valence-electron chi connectivity index (χ2n) is 3.72. The van der Waals surface area contributed by atoms with Gasteiger partial charge in [0.1, 0.15) is 17.7 Å². The van der Waals surface area contributed by atoms with Crippen molar-refractivity contribution in [3.05, 3.63) is 48.0 Å². The van der Waals surface area contributed by atoms with E-state index in [1.165, 1.54) is 18.3 Å². The average molecular weight is 254 g/mol. The Labute approximate surface area is 102 Å². The first kappa shape index (κ1) is 12.5. The molecule has 6 heteroatoms. The fraction of sp³-hybridized carbons (Fsp3) is 0.250. The normalized spacial score (nSPS) is 12.7. The SMILES string of the molecule is Cn1ccnc1C(O)c1ccccc1OC(F)F. The number of hydrogen-bond acceptors (Lipinski definition) is 3. The number of aromatic nitrogens is 2. The molecule has 1 unspecified atom stereocenters. The maximum absolute atomic E-state index is 12.3. The van der Waals surface area contributed by atoms with Crippen molar-refractivity contribution in [2.24, 2.45) is 7.05 Å². The van der Waals surface area contributed by atoms with Gasteiger partial charge in [0.2, 0.25) is 0 Å². The van der Waals surface area contributed by atoms with Gasteiger partial charge in [-0.1, -0.05) is 18.2 Å². The molecule has 1 aromatic heterocycles. The predicted molar refractivity (Wildman–Crippen MR) is 60.3 cm³/mol. The molecule has 0 aliphatic carbocycles. The molecule has 0 bridgehead atoms. The number of hydrogen-bond donors (Lipinski definition) is 1. The number of nitrogens with zero attached hydrogens (tertiary/aromatic N) is 2. The van der Waals surface area contributed by atoms with Crippen LogP contribution >= 0.6 is 0 Å². The van der Waals surface area contributed by atoms with Gasteiger partial charge in [0.05, 0.1) is 0 Å². The van der Waals surface area contributed by atoms with E-state index in [4.69, 9.17) is 0 Å². The summed E-state index contributed by atoms with van der Waals surface area (Å²) in [5.41, 5.74) is 0.257. The van der Waals surface area contributed by atoms with E-state index in [-0.39, 0.29) is 11.3 Å². The maximum Gasteiger partial charge on any atom is 0.387 e. The molecular weight excluding hydrogens is 242 g/mol. The topological polar surface area (TPSA) is 47.3 Å². The minimum atomic E-state index is -2.93. The van der Waals surface area contributed by atoms with Gasteiger partial charge in [-0.15, -0.1) is 0 Å². The highest BCUT2D eigenvalue weighted by atomic mass is 19.3. The maximum atomic E-state index is 12.3. The molecule has 0 radical (unpaired) electrons. The predicted octanol–water partition coefficient (Wildman–Crippen LogP) is 2.10. The minimum absolute atomic E-state index is 0.0528. The number of para-hydroxylation sites is 1. The summed E-state index contributed by atoms with van der Waals surface area (Å²) in [6.07, 6.45) is 2.07. The van der Waals surface area contributed by atoms with E-state index in [1.807, 2.05) is 0 Å². The third-order valence-electron chi connectivity index (χ3n) is 2.53. The molecular formula is C12H12F2N2O2. The van der Waals surface area contributed by atoms with Gasteiger partial charge >= 0.3 is 6.61 Å². The van der Waals surface area contributed by atoms with E-state index in [0.29, 0.717) is 5.82 Å². The Balaban J connectivity index is 2.36. The summed E-state index contributed by atoms with van der Waals surface area (Å²) in [6, 6.07) is 6.11. The van der Waals surface area contributed by atoms with Gasteiger partial charge in [0.25, 0.3) is 0 Å². The Morgan fingerprint density at radius 2 is 2.06 bits per heavy atom. The number of aliphatic hydroxyl groups excluding tert-OH is 1. The number of ether oxygens (including phenoxy) is 1. The Morgan fingerprint density at radius 1 is 1.33 bits per heavy atom. The zero-order valence-corrected chi connectivity index (χ0v) is 9.62. The van der Waals surface area contributed by atoms with Gasteiger partial charge in [0, 0.05) is 25.0 Å². The van der Waals surface area contributed by atoms with E-state index in [2.05, 4.69) is 9.72 Å². The van der Waals surface area contributed by atoms with Crippen LogP contribution in [-0.2, 0) is 7.05 Å². The second kappa shape index (κ2) is 5.14. The average Bonchev–Trinajstić information content (AvgIpc) is 2.74. The van der Waals surface area contributed by atoms with Crippen molar-refractivity contribution in [1.29, 1.82) is 0 Å². The molecule has 4 nitrogen and oxygen atoms in total. The fourth-order valence-corrected chi connectivity index (χ4v) is 1.69. The van der Waals surface area contributed by atoms with Crippen LogP contribution in [0.3, 0.4) is 0 Å². The Kier molecular flexibility index (Phi) is 3.57. The second-order valence-corrected chi connectivity index (χ2v) is 3.72. The van der Waals surface area contributed by atoms with E-state index in [0.717, 1.165) is 0 Å². The van der Waals surface area contributed by atoms with E-state index < -0.39 is 12.7 Å². The lowest BCUT2D eigenvalue weighted by Gasteiger charge is -2.15. The Bertz CT molecular complexity index is 528. The Morgan fingerprint density at radius 3 is 2.67 bits per heavy atom. The first-order valence-corrected chi connectivity index (χ1v) is 5.28. The van der Waals surface area contributed by atoms with Crippen molar-refractivity contribution in [2.75, 3.05) is 0 Å². The van der Waals surface area contributed by atoms with Crippen molar-refractivity contribution in [1.82, 2.24) is 9.55 Å². The molecule has 2 aromatic rings. The number of alkyl halides is 2. The lowest BCUT2D eigenvalue weighted by Crippen LogP contribution is -2.11. The number of benzene rings is 1. The van der Waals surface area contributed by atoms with Crippen LogP contribution < -0.4 is 4.74 Å². The van der Waals surface area contributed by atoms with E-state index in [9.17, 15) is 13.9 Å². The quantitative estimate of drug-likeness (QED) is 0.909. The number of imidazole rings is 1. The summed E-state index contributed by atoms with van der Waals surface area (Å²) in [4.78, 5) is 3.98. The van der Waals surface area contributed by atoms with Crippen LogP contribution in [0.1, 0.15) is 17.5 Å². The Hall–Kier alpha value is -1.95. The lowest BCUT2D eigenvalue weighted by molar-refractivity contribution is -0.0513. The molecule has 18 heavy (non-hydrogen) atoms. The van der Waals surface area contributed by atoms with Crippen LogP contribution in [0.25, 0.3) is 0 Å². The van der Waals surface area contributed by atoms with Gasteiger partial charge in [-0.2, -0.15) is 8.78 Å². The van der Waals surface area contributed by atoms with Crippen LogP contribution in [0.4, 0.5) is 8.78 Å². The summed E-state index contributed by atoms with van der Waals surface area (Å²) in [6.45, 7) is -2.93. The van der Waals surface area contributed by atoms with E-state index in [1.54, 1.807) is 29.9 Å². The molecule has 0 aliphatic rings. The van der Waals surface area contributed by atoms with E-state index >= 15 is 0 Å². The zero-order valence-electron chi connectivity index (χ0n) is 9.62. The first-order chi connectivity index (χ1) is 8.59. The smallest absolute Gasteiger partial charge is 0.387 e. The molecule has 1 N–H and O–H groups in total. The van der Waals surface area contributed by atoms with Crippen LogP contribution in [0.5, 0.6) is 5.75 Å². The molecule has 96 valence electrons. The molecule has 1 heterocycles. The fourth-order valence-electron chi connectivity index (χ4n) is 1.69. The zero-order chi connectivity index (χ0) is 13.1. The van der Waals surface area contributed by atoms with Gasteiger partial charge in [-0.25, -0.2) is 4.98 Å². The van der Waals surface area contributed by atoms with Gasteiger partial charge in [-0.05, 0) is 6.07 Å². The lowest BCUT2D eigenvalue weighted by atomic mass is 10.1. The molecule has 0 amide bonds. The minimum Gasteiger partial charge on any atom is -0.434 e. The van der Waals surface area contributed by atoms with Gasteiger partial charge < -0.3 is 14.4 Å². The third kappa shape index (κ3) is 2.48. The largest absolute Gasteiger partial charge is 0.434 e. The van der Waals surface area contributed by atoms with Crippen molar-refractivity contribution in [2.45, 2.75) is 12.7 Å². The van der Waals surface area contributed by atoms with Crippen molar-refractivity contribution < 1.29 is 18.6 Å². The standard InChI is InChI=1S/C12H12F2N2O2/c1-16-7-6-15-11(16)10(17)8-4-2-3-5-9(8)18-12(13)14/h2-7,10,12,17H,1H3. The molecule has 0 saturated heterocycles. The van der Waals surface area contributed by atoms with Crippen LogP contribution in [0, 0.1) is 0 Å². The molecule has 0 spiro atoms. The molecule has 0 aliphatic heterocycles. The van der Waals surface area contributed by atoms with Crippen LogP contribution in [0.2, 0.25) is 0 Å². The van der Waals surface area contributed by atoms with Crippen molar-refractivity contribution in [3.8, 4) is 5.75 Å². The molecule has 2 rings (SSSR count). The highest BCUT2D eigenvalue weighted by Crippen LogP contribution is 2.29. The summed E-state index contributed by atoms with van der Waals surface area (Å²) in [5, 5.41) is 10.1. The number of halogens is 2. The summed E-state index contributed by atoms with van der Waals surface area (Å²) in [7, 11) is 1.71. The molecule has 1 atom stereocenters. The summed E-state index contributed by atoms with van der Waals surface area (Å²) >= 11 is 0. The monoisotopic (exact) mass is 254 g/mol. The number of aryl methyl sites for hydroxylation is 1. The number of rotatable bonds is 4. The number of aliphatic hydroxyl groups is 1. The van der Waals surface area contributed by atoms with Crippen LogP contribution in [0.15, 0.2) is 36.7 Å².